The number of amides is 1. The monoisotopic (exact) mass is 439 g/mol. The molecule has 5 aromatic rings. The van der Waals surface area contributed by atoms with Gasteiger partial charge in [-0.1, -0.05) is 12.1 Å². The lowest BCUT2D eigenvalue weighted by atomic mass is 9.93. The van der Waals surface area contributed by atoms with Gasteiger partial charge in [-0.25, -0.2) is 14.6 Å². The van der Waals surface area contributed by atoms with E-state index >= 15 is 0 Å². The highest BCUT2D eigenvalue weighted by Crippen LogP contribution is 2.26. The molecule has 0 fully saturated rings. The smallest absolute Gasteiger partial charge is 0.287 e. The summed E-state index contributed by atoms with van der Waals surface area (Å²) < 4.78 is 7.14. The number of nitrogens with zero attached hydrogens (tertiary/aromatic N) is 5. The largest absolute Gasteiger partial charge is 0.481 e. The summed E-state index contributed by atoms with van der Waals surface area (Å²) in [6, 6.07) is 13.2. The topological polar surface area (TPSA) is 111 Å². The second kappa shape index (κ2) is 7.70. The number of benzene rings is 1. The molecule has 9 heteroatoms. The summed E-state index contributed by atoms with van der Waals surface area (Å²) in [6.45, 7) is 0. The van der Waals surface area contributed by atoms with E-state index in [1.54, 1.807) is 19.4 Å². The minimum absolute atomic E-state index is 0.0169. The van der Waals surface area contributed by atoms with E-state index in [4.69, 9.17) is 9.84 Å². The van der Waals surface area contributed by atoms with Gasteiger partial charge < -0.3 is 15.0 Å². The van der Waals surface area contributed by atoms with Gasteiger partial charge in [0, 0.05) is 24.5 Å². The molecule has 0 bridgehead atoms. The minimum Gasteiger partial charge on any atom is -0.481 e. The van der Waals surface area contributed by atoms with Crippen molar-refractivity contribution in [2.24, 2.45) is 0 Å². The fourth-order valence-electron chi connectivity index (χ4n) is 4.36. The Kier molecular flexibility index (Phi) is 4.53. The predicted octanol–water partition coefficient (Wildman–Crippen LogP) is 2.99. The van der Waals surface area contributed by atoms with Crippen molar-refractivity contribution in [3.63, 3.8) is 0 Å². The first-order valence-corrected chi connectivity index (χ1v) is 10.8. The molecular formula is C24H21N7O2. The van der Waals surface area contributed by atoms with Gasteiger partial charge >= 0.3 is 0 Å². The number of rotatable bonds is 4. The molecule has 4 heterocycles. The zero-order valence-electron chi connectivity index (χ0n) is 17.9. The van der Waals surface area contributed by atoms with Crippen molar-refractivity contribution in [1.82, 2.24) is 35.0 Å². The third-order valence-electron chi connectivity index (χ3n) is 6.01. The first-order valence-electron chi connectivity index (χ1n) is 10.8. The van der Waals surface area contributed by atoms with Crippen LogP contribution >= 0.6 is 0 Å². The molecule has 33 heavy (non-hydrogen) atoms. The van der Waals surface area contributed by atoms with Gasteiger partial charge in [0.2, 0.25) is 5.88 Å². The number of carbonyl (C=O) groups is 1. The van der Waals surface area contributed by atoms with Crippen LogP contribution in [0, 0.1) is 0 Å². The zero-order chi connectivity index (χ0) is 22.4. The van der Waals surface area contributed by atoms with E-state index in [-0.39, 0.29) is 11.9 Å². The van der Waals surface area contributed by atoms with E-state index in [0.29, 0.717) is 18.1 Å². The Balaban J connectivity index is 1.24. The lowest BCUT2D eigenvalue weighted by molar-refractivity contribution is 0.0924. The van der Waals surface area contributed by atoms with Crippen molar-refractivity contribution in [3.8, 4) is 11.6 Å². The van der Waals surface area contributed by atoms with Crippen LogP contribution in [-0.4, -0.2) is 48.8 Å². The summed E-state index contributed by atoms with van der Waals surface area (Å²) in [5, 5.41) is 7.93. The molecule has 1 aromatic carbocycles. The number of hydrogen-bond donors (Lipinski definition) is 2. The summed E-state index contributed by atoms with van der Waals surface area (Å²) in [5.41, 5.74) is 6.14. The van der Waals surface area contributed by atoms with Crippen molar-refractivity contribution < 1.29 is 9.53 Å². The van der Waals surface area contributed by atoms with Crippen LogP contribution in [0.5, 0.6) is 5.88 Å². The number of aromatic amines is 1. The number of methoxy groups -OCH3 is 1. The zero-order valence-corrected chi connectivity index (χ0v) is 17.9. The van der Waals surface area contributed by atoms with Crippen molar-refractivity contribution in [2.45, 2.75) is 25.3 Å². The fraction of sp³-hybridized carbons (Fsp3) is 0.208. The third kappa shape index (κ3) is 3.47. The number of imidazole rings is 1. The molecule has 0 radical (unpaired) electrons. The SMILES string of the molecule is COc1ccc2nccc(-n3cc4c(n3)CCC(NC(=O)c3nc5ccccc5[nH]3)C4)c2n1. The van der Waals surface area contributed by atoms with E-state index in [1.165, 1.54) is 0 Å². The van der Waals surface area contributed by atoms with Gasteiger partial charge in [-0.15, -0.1) is 0 Å². The maximum absolute atomic E-state index is 12.8. The molecule has 1 aliphatic rings. The highest BCUT2D eigenvalue weighted by Gasteiger charge is 2.25. The van der Waals surface area contributed by atoms with Crippen LogP contribution in [0.1, 0.15) is 28.3 Å². The molecule has 1 amide bonds. The number of para-hydroxylation sites is 2. The molecule has 9 nitrogen and oxygen atoms in total. The van der Waals surface area contributed by atoms with Gasteiger partial charge in [0.15, 0.2) is 5.82 Å². The lowest BCUT2D eigenvalue weighted by Gasteiger charge is -2.21. The molecule has 0 saturated carbocycles. The van der Waals surface area contributed by atoms with Crippen molar-refractivity contribution in [1.29, 1.82) is 0 Å². The third-order valence-corrected chi connectivity index (χ3v) is 6.01. The molecule has 164 valence electrons. The average Bonchev–Trinajstić information content (AvgIpc) is 3.47. The number of nitrogens with one attached hydrogen (secondary N) is 2. The average molecular weight is 439 g/mol. The van der Waals surface area contributed by atoms with Crippen LogP contribution < -0.4 is 10.1 Å². The number of ether oxygens (including phenoxy) is 1. The molecule has 0 aliphatic heterocycles. The quantitative estimate of drug-likeness (QED) is 0.445. The molecule has 0 saturated heterocycles. The van der Waals surface area contributed by atoms with E-state index in [1.807, 2.05) is 47.3 Å². The Morgan fingerprint density at radius 2 is 2.06 bits per heavy atom. The lowest BCUT2D eigenvalue weighted by Crippen LogP contribution is -2.39. The highest BCUT2D eigenvalue weighted by atomic mass is 16.5. The summed E-state index contributed by atoms with van der Waals surface area (Å²) >= 11 is 0. The molecular weight excluding hydrogens is 418 g/mol. The maximum atomic E-state index is 12.8. The van der Waals surface area contributed by atoms with Crippen molar-refractivity contribution in [2.75, 3.05) is 7.11 Å². The standard InChI is InChI=1S/C24H21N7O2/c1-33-21-9-8-19-22(29-21)20(10-11-25-19)31-13-14-12-15(6-7-16(14)30-31)26-24(32)23-27-17-4-2-3-5-18(17)28-23/h2-5,8-11,13,15H,6-7,12H2,1H3,(H,26,32)(H,27,28). The second-order valence-corrected chi connectivity index (χ2v) is 8.11. The molecule has 1 atom stereocenters. The van der Waals surface area contributed by atoms with Gasteiger partial charge in [-0.2, -0.15) is 5.10 Å². The van der Waals surface area contributed by atoms with Gasteiger partial charge in [-0.3, -0.25) is 9.78 Å². The van der Waals surface area contributed by atoms with Crippen LogP contribution in [-0.2, 0) is 12.8 Å². The van der Waals surface area contributed by atoms with Gasteiger partial charge in [0.25, 0.3) is 5.91 Å². The number of aryl methyl sites for hydroxylation is 1. The molecule has 4 aromatic heterocycles. The number of fused-ring (bicyclic) bond motifs is 3. The van der Waals surface area contributed by atoms with Crippen LogP contribution in [0.2, 0.25) is 0 Å². The molecule has 1 aliphatic carbocycles. The first kappa shape index (κ1) is 19.4. The van der Waals surface area contributed by atoms with E-state index < -0.39 is 0 Å². The fourth-order valence-corrected chi connectivity index (χ4v) is 4.36. The highest BCUT2D eigenvalue weighted by molar-refractivity contribution is 5.94. The van der Waals surface area contributed by atoms with E-state index in [0.717, 1.165) is 51.9 Å². The van der Waals surface area contributed by atoms with Crippen LogP contribution in [0.3, 0.4) is 0 Å². The number of hydrogen-bond acceptors (Lipinski definition) is 6. The minimum atomic E-state index is -0.191. The van der Waals surface area contributed by atoms with Crippen LogP contribution in [0.15, 0.2) is 54.9 Å². The van der Waals surface area contributed by atoms with Gasteiger partial charge in [0.1, 0.15) is 5.52 Å². The summed E-state index contributed by atoms with van der Waals surface area (Å²) in [7, 11) is 1.59. The molecule has 6 rings (SSSR count). The van der Waals surface area contributed by atoms with E-state index in [2.05, 4.69) is 25.3 Å². The Morgan fingerprint density at radius 3 is 2.94 bits per heavy atom. The second-order valence-electron chi connectivity index (χ2n) is 8.11. The normalized spacial score (nSPS) is 15.5. The number of H-pyrrole nitrogens is 1. The Hall–Kier alpha value is -4.27. The summed E-state index contributed by atoms with van der Waals surface area (Å²) in [5.74, 6) is 0.673. The Labute approximate surface area is 188 Å². The number of aromatic nitrogens is 6. The molecule has 2 N–H and O–H groups in total. The van der Waals surface area contributed by atoms with Crippen LogP contribution in [0.4, 0.5) is 0 Å². The summed E-state index contributed by atoms with van der Waals surface area (Å²) in [4.78, 5) is 29.2. The maximum Gasteiger partial charge on any atom is 0.287 e. The predicted molar refractivity (Wildman–Crippen MR) is 123 cm³/mol. The van der Waals surface area contributed by atoms with E-state index in [9.17, 15) is 4.79 Å². The van der Waals surface area contributed by atoms with Crippen LogP contribution in [0.25, 0.3) is 27.8 Å². The number of pyridine rings is 2. The Bertz CT molecular complexity index is 1470. The first-order chi connectivity index (χ1) is 16.2. The van der Waals surface area contributed by atoms with Crippen molar-refractivity contribution >= 4 is 28.0 Å². The van der Waals surface area contributed by atoms with Crippen molar-refractivity contribution in [3.05, 3.63) is 71.9 Å². The Morgan fingerprint density at radius 1 is 1.15 bits per heavy atom. The molecule has 0 spiro atoms. The molecule has 1 unspecified atom stereocenters. The summed E-state index contributed by atoms with van der Waals surface area (Å²) in [6.07, 6.45) is 6.08. The number of carbonyl (C=O) groups excluding carboxylic acids is 1. The van der Waals surface area contributed by atoms with Gasteiger partial charge in [0.05, 0.1) is 35.0 Å². The van der Waals surface area contributed by atoms with Gasteiger partial charge in [-0.05, 0) is 49.1 Å².